The lowest BCUT2D eigenvalue weighted by Crippen LogP contribution is -2.54. The van der Waals surface area contributed by atoms with Crippen LogP contribution in [0.2, 0.25) is 5.28 Å². The van der Waals surface area contributed by atoms with Gasteiger partial charge in [0.25, 0.3) is 11.8 Å². The van der Waals surface area contributed by atoms with Crippen LogP contribution in [0, 0.1) is 11.8 Å². The van der Waals surface area contributed by atoms with E-state index in [1.807, 2.05) is 44.7 Å². The number of hydrogen-bond acceptors (Lipinski definition) is 18. The van der Waals surface area contributed by atoms with E-state index in [-0.39, 0.29) is 87.4 Å². The molecule has 4 amide bonds. The lowest BCUT2D eigenvalue weighted by Gasteiger charge is -2.42. The maximum absolute atomic E-state index is 13.3. The number of nitrogen functional groups attached to an aromatic ring is 1. The Balaban J connectivity index is 0.000000218. The van der Waals surface area contributed by atoms with Crippen molar-refractivity contribution in [1.82, 2.24) is 50.2 Å². The number of benzene rings is 2. The zero-order valence-electron chi connectivity index (χ0n) is 55.6. The number of methoxy groups -OCH3 is 2. The zero-order chi connectivity index (χ0) is 64.6. The number of halogens is 1. The number of carbonyl (C=O) groups excluding carboxylic acids is 4. The highest BCUT2D eigenvalue weighted by Crippen LogP contribution is 2.40. The second-order valence-corrected chi connectivity index (χ2v) is 27.2. The number of carbonyl (C=O) groups is 4. The largest absolute Gasteiger partial charge is 0.495 e. The molecule has 94 heavy (non-hydrogen) atoms. The summed E-state index contributed by atoms with van der Waals surface area (Å²) >= 11 is 5.87. The molecule has 520 valence electrons. The molecule has 2 aromatic heterocycles. The van der Waals surface area contributed by atoms with Gasteiger partial charge >= 0.3 is 0 Å². The molecular formula is C71H113ClN16O6. The van der Waals surface area contributed by atoms with Crippen LogP contribution in [-0.4, -0.2) is 205 Å². The smallest absolute Gasteiger partial charge is 0.251 e. The van der Waals surface area contributed by atoms with E-state index in [4.69, 9.17) is 31.8 Å². The Labute approximate surface area is 566 Å². The first kappa shape index (κ1) is 74.8. The van der Waals surface area contributed by atoms with Crippen LogP contribution in [0.25, 0.3) is 0 Å². The minimum Gasteiger partial charge on any atom is -0.495 e. The van der Waals surface area contributed by atoms with Crippen LogP contribution in [0.1, 0.15) is 174 Å². The predicted octanol–water partition coefficient (Wildman–Crippen LogP) is 10.6. The molecule has 6 heterocycles. The topological polar surface area (TPSA) is 226 Å². The summed E-state index contributed by atoms with van der Waals surface area (Å²) in [7, 11) is 6.68. The first-order valence-electron chi connectivity index (χ1n) is 33.8. The molecule has 0 spiro atoms. The quantitative estimate of drug-likeness (QED) is 0.0537. The molecule has 4 aromatic rings. The summed E-state index contributed by atoms with van der Waals surface area (Å²) in [5.74, 6) is 4.91. The van der Waals surface area contributed by atoms with Crippen LogP contribution in [0.4, 0.5) is 40.3 Å². The van der Waals surface area contributed by atoms with Crippen LogP contribution >= 0.6 is 11.6 Å². The van der Waals surface area contributed by atoms with Gasteiger partial charge in [-0.1, -0.05) is 36.1 Å². The van der Waals surface area contributed by atoms with Crippen LogP contribution in [-0.2, 0) is 9.59 Å². The molecule has 8 aliphatic rings. The first-order chi connectivity index (χ1) is 43.8. The fourth-order valence-corrected chi connectivity index (χ4v) is 14.5. The van der Waals surface area contributed by atoms with E-state index in [1.54, 1.807) is 74.8 Å². The van der Waals surface area contributed by atoms with Crippen molar-refractivity contribution in [3.63, 3.8) is 0 Å². The highest BCUT2D eigenvalue weighted by Gasteiger charge is 2.41. The average molecular weight is 1320 g/mol. The van der Waals surface area contributed by atoms with Gasteiger partial charge in [-0.15, -0.1) is 0 Å². The predicted molar refractivity (Wildman–Crippen MR) is 382 cm³/mol. The van der Waals surface area contributed by atoms with E-state index in [9.17, 15) is 19.2 Å². The third-order valence-corrected chi connectivity index (χ3v) is 20.2. The normalized spacial score (nSPS) is 23.4. The van der Waals surface area contributed by atoms with Gasteiger partial charge in [0.1, 0.15) is 35.0 Å². The van der Waals surface area contributed by atoms with Gasteiger partial charge in [0.05, 0.1) is 38.0 Å². The molecule has 4 aliphatic carbocycles. The molecule has 12 rings (SSSR count). The Morgan fingerprint density at radius 2 is 1.00 bits per heavy atom. The van der Waals surface area contributed by atoms with E-state index >= 15 is 0 Å². The number of anilines is 7. The summed E-state index contributed by atoms with van der Waals surface area (Å²) < 4.78 is 10.9. The molecule has 0 unspecified atom stereocenters. The lowest BCUT2D eigenvalue weighted by molar-refractivity contribution is -0.120. The van der Waals surface area contributed by atoms with E-state index < -0.39 is 0 Å². The number of amides is 4. The molecule has 4 aliphatic heterocycles. The minimum atomic E-state index is -0.278. The lowest BCUT2D eigenvalue weighted by atomic mass is 9.89. The van der Waals surface area contributed by atoms with Crippen molar-refractivity contribution < 1.29 is 28.7 Å². The molecule has 2 saturated heterocycles. The first-order valence-corrected chi connectivity index (χ1v) is 34.2. The Kier molecular flexibility index (Phi) is 27.0. The molecule has 4 saturated carbocycles. The molecule has 2 atom stereocenters. The Morgan fingerprint density at radius 1 is 0.585 bits per heavy atom. The van der Waals surface area contributed by atoms with Gasteiger partial charge in [0.15, 0.2) is 11.6 Å². The summed E-state index contributed by atoms with van der Waals surface area (Å²) in [5, 5.41) is 9.96. The molecule has 22 nitrogen and oxygen atoms in total. The minimum absolute atomic E-state index is 0. The second kappa shape index (κ2) is 33.9. The summed E-state index contributed by atoms with van der Waals surface area (Å²) in [6, 6.07) is 12.2. The molecule has 23 heteroatoms. The van der Waals surface area contributed by atoms with Gasteiger partial charge in [-0.3, -0.25) is 29.0 Å². The van der Waals surface area contributed by atoms with E-state index in [0.29, 0.717) is 69.8 Å². The highest BCUT2D eigenvalue weighted by molar-refractivity contribution is 6.28. The van der Waals surface area contributed by atoms with Crippen molar-refractivity contribution >= 4 is 75.6 Å². The summed E-state index contributed by atoms with van der Waals surface area (Å²) in [5.41, 5.74) is 9.63. The Bertz CT molecular complexity index is 3140. The number of hydrogen-bond donors (Lipinski definition) is 4. The fourth-order valence-electron chi connectivity index (χ4n) is 14.4. The number of nitrogens with zero attached hydrogens (tertiary/aromatic N) is 12. The average Bonchev–Trinajstić information content (AvgIpc) is 0.880. The maximum Gasteiger partial charge on any atom is 0.251 e. The van der Waals surface area contributed by atoms with Gasteiger partial charge in [-0.2, -0.15) is 9.97 Å². The number of nitrogens with two attached hydrogens (primary N) is 1. The van der Waals surface area contributed by atoms with Gasteiger partial charge in [0.2, 0.25) is 23.0 Å². The Morgan fingerprint density at radius 3 is 1.41 bits per heavy atom. The molecule has 5 N–H and O–H groups in total. The molecule has 0 radical (unpaired) electrons. The van der Waals surface area contributed by atoms with Crippen molar-refractivity contribution in [1.29, 1.82) is 0 Å². The number of likely N-dealkylation sites (N-methyl/N-ethyl adjacent to an activating group) is 2. The number of aromatic nitrogens is 4. The van der Waals surface area contributed by atoms with Crippen LogP contribution in [0.5, 0.6) is 11.5 Å². The third kappa shape index (κ3) is 18.1. The maximum atomic E-state index is 13.3. The van der Waals surface area contributed by atoms with Gasteiger partial charge in [-0.05, 0) is 177 Å². The Hall–Kier alpha value is -6.59. The summed E-state index contributed by atoms with van der Waals surface area (Å²) in [4.78, 5) is 86.7. The number of nitrogens with one attached hydrogen (secondary N) is 3. The number of piperazine rings is 2. The molecule has 0 bridgehead atoms. The van der Waals surface area contributed by atoms with Crippen LogP contribution < -0.4 is 50.8 Å². The third-order valence-electron chi connectivity index (χ3n) is 20.0. The van der Waals surface area contributed by atoms with Gasteiger partial charge in [-0.25, -0.2) is 9.97 Å². The standard InChI is InChI=1S/C34H50N8O3.C22H34N4O2.C12H17ClN4O.3CH4/c1-6-28-33(44)39(4)29-20-35-34(38-31(29)42(28)22(2)3)37-27-14-9-24(19-30(27)45-5)32(43)36-25-10-12-26(13-11-25)41-17-15-40(16-18-41)21-23-7-8-23;1-28-21-14-17(4-9-20(21)23)22(27)24-18-5-7-19(8-6-18)26-12-10-25(11-13-26)15-16-2-3-16;1-5-8-11(18)16(4)9-6-14-12(13)15-10(9)17(8)7(2)3;;;/h9,14,19-20,22-23,25-26,28H,6-8,10-13,15-18,21H2,1-5H3,(H,36,43)(H,35,37,38);4,9,14,16,18-19H,2-3,5-8,10-13,15,23H2,1H3,(H,24,27);6-8H,5H2,1-4H3;3*1H4/t25?,26?,28-;;8-;;;/m1.1.../s1. The van der Waals surface area contributed by atoms with Gasteiger partial charge < -0.3 is 60.6 Å². The SMILES string of the molecule is C.C.C.CC[C@@H]1C(=O)N(C)c2cnc(Cl)nc2N1C(C)C.CC[C@@H]1C(=O)N(C)c2cnc(Nc3ccc(C(=O)NC4CCC(N5CCN(CC6CC6)CC5)CC4)cc3OC)nc2N1C(C)C.COc1cc(C(=O)NC2CCC(N3CCN(CC4CC4)CC3)CC2)ccc1N. The number of ether oxygens (including phenoxy) is 2. The zero-order valence-corrected chi connectivity index (χ0v) is 56.4. The number of fused-ring (bicyclic) bond motifs is 2. The second-order valence-electron chi connectivity index (χ2n) is 26.9. The van der Waals surface area contributed by atoms with Crippen LogP contribution in [0.3, 0.4) is 0 Å². The van der Waals surface area contributed by atoms with Crippen molar-refractivity contribution in [3.8, 4) is 11.5 Å². The summed E-state index contributed by atoms with van der Waals surface area (Å²) in [6.07, 6.45) is 19.2. The fraction of sp³-hybridized carbons (Fsp3) is 0.662. The van der Waals surface area contributed by atoms with E-state index in [1.165, 1.54) is 104 Å². The molecule has 2 aromatic carbocycles. The molecular weight excluding hydrogens is 1210 g/mol. The van der Waals surface area contributed by atoms with Crippen LogP contribution in [0.15, 0.2) is 48.8 Å². The van der Waals surface area contributed by atoms with Crippen molar-refractivity contribution in [2.45, 2.75) is 202 Å². The van der Waals surface area contributed by atoms with Crippen molar-refractivity contribution in [2.24, 2.45) is 11.8 Å². The van der Waals surface area contributed by atoms with Crippen molar-refractivity contribution in [3.05, 3.63) is 65.2 Å². The monoisotopic (exact) mass is 1320 g/mol. The van der Waals surface area contributed by atoms with Gasteiger partial charge in [0, 0.05) is 127 Å². The van der Waals surface area contributed by atoms with Crippen molar-refractivity contribution in [2.75, 3.05) is 124 Å². The number of rotatable bonds is 18. The summed E-state index contributed by atoms with van der Waals surface area (Å²) in [6.45, 7) is 24.5. The highest BCUT2D eigenvalue weighted by atomic mass is 35.5. The molecule has 6 fully saturated rings. The van der Waals surface area contributed by atoms with E-state index in [0.717, 1.165) is 68.4 Å². The van der Waals surface area contributed by atoms with E-state index in [2.05, 4.69) is 69.2 Å².